The van der Waals surface area contributed by atoms with Gasteiger partial charge in [-0.2, -0.15) is 0 Å². The summed E-state index contributed by atoms with van der Waals surface area (Å²) in [5.74, 6) is 0.157. The second-order valence-electron chi connectivity index (χ2n) is 8.18. The minimum absolute atomic E-state index is 0.157. The summed E-state index contributed by atoms with van der Waals surface area (Å²) in [7, 11) is 0. The van der Waals surface area contributed by atoms with Crippen molar-refractivity contribution in [2.24, 2.45) is 5.73 Å². The van der Waals surface area contributed by atoms with Crippen molar-refractivity contribution in [2.75, 3.05) is 6.54 Å². The van der Waals surface area contributed by atoms with Gasteiger partial charge >= 0.3 is 0 Å². The molecule has 0 aromatic heterocycles. The number of nitrogens with one attached hydrogen (secondary N) is 1. The van der Waals surface area contributed by atoms with E-state index < -0.39 is 0 Å². The molecule has 0 spiro atoms. The summed E-state index contributed by atoms with van der Waals surface area (Å²) < 4.78 is 0. The Morgan fingerprint density at radius 2 is 1.26 bits per heavy atom. The van der Waals surface area contributed by atoms with Crippen molar-refractivity contribution >= 4 is 5.91 Å². The van der Waals surface area contributed by atoms with Gasteiger partial charge in [0.05, 0.1) is 0 Å². The highest BCUT2D eigenvalue weighted by Crippen LogP contribution is 2.11. The van der Waals surface area contributed by atoms with E-state index in [1.807, 2.05) is 0 Å². The Balaban J connectivity index is 3.37. The van der Waals surface area contributed by atoms with Crippen molar-refractivity contribution in [2.45, 2.75) is 129 Å². The van der Waals surface area contributed by atoms with Crippen LogP contribution in [0, 0.1) is 0 Å². The monoisotopic (exact) mass is 380 g/mol. The molecule has 0 saturated carbocycles. The third-order valence-electron chi connectivity index (χ3n) is 5.71. The standard InChI is InChI=1S/C24H48N2O/c1-4-7-8-9-10-11-12-13-14-15-16-17-18-19-20-21-23(27)26-22-24(25,5-2)6-3/h13-14H,4-12,15-22,25H2,1-3H3,(H,26,27)/b14-13-. The average molecular weight is 381 g/mol. The first-order valence-electron chi connectivity index (χ1n) is 11.8. The topological polar surface area (TPSA) is 55.1 Å². The lowest BCUT2D eigenvalue weighted by molar-refractivity contribution is -0.121. The highest BCUT2D eigenvalue weighted by molar-refractivity contribution is 5.75. The van der Waals surface area contributed by atoms with Crippen LogP contribution in [0.5, 0.6) is 0 Å². The number of carbonyl (C=O) groups excluding carboxylic acids is 1. The van der Waals surface area contributed by atoms with Gasteiger partial charge in [0.15, 0.2) is 0 Å². The van der Waals surface area contributed by atoms with E-state index in [2.05, 4.69) is 38.2 Å². The first-order valence-corrected chi connectivity index (χ1v) is 11.8. The Bertz CT molecular complexity index is 361. The van der Waals surface area contributed by atoms with Crippen LogP contribution in [0.15, 0.2) is 12.2 Å². The molecule has 3 heteroatoms. The molecule has 0 radical (unpaired) electrons. The number of amides is 1. The van der Waals surface area contributed by atoms with Crippen molar-refractivity contribution in [3.8, 4) is 0 Å². The number of nitrogens with two attached hydrogens (primary N) is 1. The average Bonchev–Trinajstić information content (AvgIpc) is 2.69. The highest BCUT2D eigenvalue weighted by Gasteiger charge is 2.20. The Kier molecular flexibility index (Phi) is 18.0. The van der Waals surface area contributed by atoms with E-state index in [9.17, 15) is 4.79 Å². The van der Waals surface area contributed by atoms with Crippen molar-refractivity contribution < 1.29 is 4.79 Å². The van der Waals surface area contributed by atoms with Gasteiger partial charge in [0.25, 0.3) is 0 Å². The zero-order valence-electron chi connectivity index (χ0n) is 18.7. The predicted molar refractivity (Wildman–Crippen MR) is 120 cm³/mol. The molecular formula is C24H48N2O. The largest absolute Gasteiger partial charge is 0.354 e. The Hall–Kier alpha value is -0.830. The van der Waals surface area contributed by atoms with Crippen molar-refractivity contribution in [3.63, 3.8) is 0 Å². The van der Waals surface area contributed by atoms with Gasteiger partial charge in [-0.05, 0) is 44.9 Å². The first kappa shape index (κ1) is 26.2. The smallest absolute Gasteiger partial charge is 0.220 e. The van der Waals surface area contributed by atoms with Crippen LogP contribution in [0.25, 0.3) is 0 Å². The number of allylic oxidation sites excluding steroid dienone is 2. The Labute approximate surface area is 169 Å². The van der Waals surface area contributed by atoms with Gasteiger partial charge < -0.3 is 11.1 Å². The molecule has 1 amide bonds. The minimum Gasteiger partial charge on any atom is -0.354 e. The maximum Gasteiger partial charge on any atom is 0.220 e. The SMILES string of the molecule is CCCCCCCC/C=C\CCCCCCCC(=O)NCC(N)(CC)CC. The fourth-order valence-corrected chi connectivity index (χ4v) is 3.22. The molecular weight excluding hydrogens is 332 g/mol. The summed E-state index contributed by atoms with van der Waals surface area (Å²) in [6, 6.07) is 0. The summed E-state index contributed by atoms with van der Waals surface area (Å²) >= 11 is 0. The van der Waals surface area contributed by atoms with Gasteiger partial charge in [-0.1, -0.05) is 84.3 Å². The fraction of sp³-hybridized carbons (Fsp3) is 0.875. The molecule has 0 aliphatic rings. The number of rotatable bonds is 19. The van der Waals surface area contributed by atoms with Crippen LogP contribution in [-0.2, 0) is 4.79 Å². The van der Waals surface area contributed by atoms with Gasteiger partial charge in [-0.25, -0.2) is 0 Å². The quantitative estimate of drug-likeness (QED) is 0.194. The zero-order chi connectivity index (χ0) is 20.2. The van der Waals surface area contributed by atoms with Gasteiger partial charge in [0.1, 0.15) is 0 Å². The van der Waals surface area contributed by atoms with Crippen LogP contribution in [-0.4, -0.2) is 18.0 Å². The summed E-state index contributed by atoms with van der Waals surface area (Å²) in [4.78, 5) is 11.9. The van der Waals surface area contributed by atoms with Gasteiger partial charge in [0, 0.05) is 18.5 Å². The van der Waals surface area contributed by atoms with Crippen molar-refractivity contribution in [3.05, 3.63) is 12.2 Å². The molecule has 0 saturated heterocycles. The molecule has 3 nitrogen and oxygen atoms in total. The number of hydrogen-bond donors (Lipinski definition) is 2. The van der Waals surface area contributed by atoms with Gasteiger partial charge in [0.2, 0.25) is 5.91 Å². The van der Waals surface area contributed by atoms with Crippen LogP contribution >= 0.6 is 0 Å². The molecule has 0 unspecified atom stereocenters. The van der Waals surface area contributed by atoms with E-state index >= 15 is 0 Å². The van der Waals surface area contributed by atoms with E-state index in [4.69, 9.17) is 5.73 Å². The van der Waals surface area contributed by atoms with Gasteiger partial charge in [-0.15, -0.1) is 0 Å². The molecule has 160 valence electrons. The normalized spacial score (nSPS) is 12.0. The third kappa shape index (κ3) is 17.0. The zero-order valence-corrected chi connectivity index (χ0v) is 18.7. The summed E-state index contributed by atoms with van der Waals surface area (Å²) in [5, 5.41) is 3.00. The van der Waals surface area contributed by atoms with E-state index in [0.29, 0.717) is 13.0 Å². The minimum atomic E-state index is -0.238. The number of hydrogen-bond acceptors (Lipinski definition) is 2. The lowest BCUT2D eigenvalue weighted by atomic mass is 9.94. The molecule has 0 aliphatic carbocycles. The van der Waals surface area contributed by atoms with E-state index in [0.717, 1.165) is 25.7 Å². The summed E-state index contributed by atoms with van der Waals surface area (Å²) in [5.41, 5.74) is 5.97. The van der Waals surface area contributed by atoms with E-state index in [1.54, 1.807) is 0 Å². The number of unbranched alkanes of at least 4 members (excludes halogenated alkanes) is 11. The molecule has 0 fully saturated rings. The highest BCUT2D eigenvalue weighted by atomic mass is 16.1. The van der Waals surface area contributed by atoms with E-state index in [1.165, 1.54) is 70.6 Å². The second kappa shape index (κ2) is 18.5. The molecule has 0 bridgehead atoms. The molecule has 0 aliphatic heterocycles. The van der Waals surface area contributed by atoms with Crippen LogP contribution in [0.2, 0.25) is 0 Å². The molecule has 0 atom stereocenters. The molecule has 0 heterocycles. The van der Waals surface area contributed by atoms with Crippen molar-refractivity contribution in [1.29, 1.82) is 0 Å². The van der Waals surface area contributed by atoms with Crippen LogP contribution in [0.3, 0.4) is 0 Å². The van der Waals surface area contributed by atoms with Crippen LogP contribution in [0.1, 0.15) is 124 Å². The van der Waals surface area contributed by atoms with Gasteiger partial charge in [-0.3, -0.25) is 4.79 Å². The van der Waals surface area contributed by atoms with E-state index in [-0.39, 0.29) is 11.4 Å². The van der Waals surface area contributed by atoms with Crippen LogP contribution in [0.4, 0.5) is 0 Å². The van der Waals surface area contributed by atoms with Crippen LogP contribution < -0.4 is 11.1 Å². The predicted octanol–water partition coefficient (Wildman–Crippen LogP) is 6.66. The third-order valence-corrected chi connectivity index (χ3v) is 5.71. The number of carbonyl (C=O) groups is 1. The molecule has 0 rings (SSSR count). The summed E-state index contributed by atoms with van der Waals surface area (Å²) in [6.07, 6.45) is 23.9. The second-order valence-corrected chi connectivity index (χ2v) is 8.18. The molecule has 3 N–H and O–H groups in total. The molecule has 27 heavy (non-hydrogen) atoms. The van der Waals surface area contributed by atoms with Crippen molar-refractivity contribution in [1.82, 2.24) is 5.32 Å². The maximum absolute atomic E-state index is 11.9. The summed E-state index contributed by atoms with van der Waals surface area (Å²) in [6.45, 7) is 7.04. The Morgan fingerprint density at radius 3 is 1.78 bits per heavy atom. The lowest BCUT2D eigenvalue weighted by Gasteiger charge is -2.26. The first-order chi connectivity index (χ1) is 13.1. The molecule has 0 aromatic carbocycles. The fourth-order valence-electron chi connectivity index (χ4n) is 3.22. The maximum atomic E-state index is 11.9. The lowest BCUT2D eigenvalue weighted by Crippen LogP contribution is -2.49. The molecule has 0 aromatic rings. The Morgan fingerprint density at radius 1 is 0.778 bits per heavy atom.